The lowest BCUT2D eigenvalue weighted by Crippen LogP contribution is -2.09. The molecule has 0 fully saturated rings. The van der Waals surface area contributed by atoms with Crippen molar-refractivity contribution in [3.8, 4) is 0 Å². The molecule has 8 heteroatoms. The van der Waals surface area contributed by atoms with Gasteiger partial charge in [0.05, 0.1) is 0 Å². The van der Waals surface area contributed by atoms with Gasteiger partial charge in [-0.25, -0.2) is 0 Å². The van der Waals surface area contributed by atoms with Gasteiger partial charge < -0.3 is 0 Å². The van der Waals surface area contributed by atoms with E-state index in [1.54, 1.807) is 0 Å². The molecular weight excluding hydrogens is 370 g/mol. The average Bonchev–Trinajstić information content (AvgIpc) is 1.59. The minimum atomic E-state index is -1.02. The molecule has 0 aromatic rings. The second-order valence-electron chi connectivity index (χ2n) is 1.10. The molecule has 0 aliphatic carbocycles. The SMILES string of the molecule is O=[N+]([O-])C(=C(I)I)[N+](=O)[O-]. The van der Waals surface area contributed by atoms with Gasteiger partial charge in [0.25, 0.3) is 0 Å². The molecule has 0 aromatic carbocycles. The van der Waals surface area contributed by atoms with E-state index in [0.29, 0.717) is 0 Å². The zero-order valence-electron chi connectivity index (χ0n) is 4.28. The van der Waals surface area contributed by atoms with Crippen LogP contribution in [-0.2, 0) is 0 Å². The molecule has 56 valence electrons. The van der Waals surface area contributed by atoms with Crippen LogP contribution in [0.4, 0.5) is 0 Å². The predicted molar refractivity (Wildman–Crippen MR) is 49.1 cm³/mol. The van der Waals surface area contributed by atoms with E-state index in [9.17, 15) is 20.2 Å². The van der Waals surface area contributed by atoms with Crippen LogP contribution in [0.1, 0.15) is 0 Å². The second kappa shape index (κ2) is 4.00. The van der Waals surface area contributed by atoms with Crippen LogP contribution in [0.15, 0.2) is 7.41 Å². The van der Waals surface area contributed by atoms with Crippen LogP contribution >= 0.6 is 45.2 Å². The van der Waals surface area contributed by atoms with Crippen molar-refractivity contribution in [3.63, 3.8) is 0 Å². The fourth-order valence-corrected chi connectivity index (χ4v) is 0.992. The minimum absolute atomic E-state index is 0.0326. The summed E-state index contributed by atoms with van der Waals surface area (Å²) in [5, 5.41) is 19.8. The predicted octanol–water partition coefficient (Wildman–Crippen LogP) is 1.54. The van der Waals surface area contributed by atoms with Crippen molar-refractivity contribution in [1.29, 1.82) is 0 Å². The Bertz CT molecular complexity index is 191. The van der Waals surface area contributed by atoms with Crippen molar-refractivity contribution in [2.45, 2.75) is 0 Å². The van der Waals surface area contributed by atoms with E-state index in [2.05, 4.69) is 0 Å². The number of hydrogen-bond acceptors (Lipinski definition) is 4. The van der Waals surface area contributed by atoms with Crippen LogP contribution in [0.2, 0.25) is 0 Å². The van der Waals surface area contributed by atoms with E-state index >= 15 is 0 Å². The first-order chi connectivity index (χ1) is 4.46. The summed E-state index contributed by atoms with van der Waals surface area (Å²) in [5.41, 5.74) is 0. The van der Waals surface area contributed by atoms with Crippen molar-refractivity contribution in [2.24, 2.45) is 0 Å². The Morgan fingerprint density at radius 3 is 1.40 bits per heavy atom. The van der Waals surface area contributed by atoms with E-state index in [0.717, 1.165) is 0 Å². The van der Waals surface area contributed by atoms with Crippen molar-refractivity contribution in [3.05, 3.63) is 27.6 Å². The normalized spacial score (nSPS) is 8.60. The molecular formula is C2I2N2O4. The highest BCUT2D eigenvalue weighted by atomic mass is 127. The number of halogens is 2. The number of hydrogen-bond donors (Lipinski definition) is 0. The summed E-state index contributed by atoms with van der Waals surface area (Å²) in [6, 6.07) is 0. The van der Waals surface area contributed by atoms with Gasteiger partial charge in [-0.3, -0.25) is 20.2 Å². The second-order valence-corrected chi connectivity index (χ2v) is 5.32. The maximum absolute atomic E-state index is 9.88. The summed E-state index contributed by atoms with van der Waals surface area (Å²) in [6.07, 6.45) is 0. The average molecular weight is 370 g/mol. The van der Waals surface area contributed by atoms with E-state index < -0.39 is 15.7 Å². The van der Waals surface area contributed by atoms with E-state index in [1.807, 2.05) is 0 Å². The molecule has 0 amide bonds. The fourth-order valence-electron chi connectivity index (χ4n) is 0.205. The molecule has 0 aliphatic heterocycles. The van der Waals surface area contributed by atoms with Crippen LogP contribution in [0.3, 0.4) is 0 Å². The number of nitrogens with zero attached hydrogens (tertiary/aromatic N) is 2. The molecule has 0 aliphatic rings. The monoisotopic (exact) mass is 370 g/mol. The molecule has 6 nitrogen and oxygen atoms in total. The summed E-state index contributed by atoms with van der Waals surface area (Å²) in [4.78, 5) is 17.7. The van der Waals surface area contributed by atoms with Crippen LogP contribution in [0.25, 0.3) is 0 Å². The van der Waals surface area contributed by atoms with Gasteiger partial charge in [0.15, 0.2) is 0 Å². The smallest absolute Gasteiger partial charge is 0.253 e. The lowest BCUT2D eigenvalue weighted by Gasteiger charge is -1.85. The van der Waals surface area contributed by atoms with Gasteiger partial charge in [-0.15, -0.1) is 0 Å². The number of rotatable bonds is 2. The van der Waals surface area contributed by atoms with Crippen LogP contribution in [0, 0.1) is 20.2 Å². The summed E-state index contributed by atoms with van der Waals surface area (Å²) in [6.45, 7) is 0. The first-order valence-corrected chi connectivity index (χ1v) is 3.96. The molecule has 0 saturated heterocycles. The zero-order chi connectivity index (χ0) is 8.31. The highest BCUT2D eigenvalue weighted by molar-refractivity contribution is 14.2. The highest BCUT2D eigenvalue weighted by Gasteiger charge is 2.28. The Morgan fingerprint density at radius 1 is 1.10 bits per heavy atom. The molecule has 0 heterocycles. The minimum Gasteiger partial charge on any atom is -0.253 e. The maximum Gasteiger partial charge on any atom is 0.578 e. The Morgan fingerprint density at radius 2 is 1.40 bits per heavy atom. The lowest BCUT2D eigenvalue weighted by atomic mass is 10.9. The van der Waals surface area contributed by atoms with Crippen molar-refractivity contribution in [2.75, 3.05) is 0 Å². The standard InChI is InChI=1S/C2I2N2O4/c3-1(4)2(5(7)8)6(9)10. The molecule has 0 saturated carbocycles. The maximum atomic E-state index is 9.88. The van der Waals surface area contributed by atoms with Gasteiger partial charge in [-0.05, 0) is 45.2 Å². The molecule has 0 aromatic heterocycles. The van der Waals surface area contributed by atoms with Gasteiger partial charge in [0.1, 0.15) is 9.85 Å². The van der Waals surface area contributed by atoms with E-state index in [4.69, 9.17) is 0 Å². The first kappa shape index (κ1) is 10.0. The van der Waals surface area contributed by atoms with Gasteiger partial charge in [-0.2, -0.15) is 0 Å². The third kappa shape index (κ3) is 2.72. The van der Waals surface area contributed by atoms with Gasteiger partial charge in [-0.1, -0.05) is 0 Å². The summed E-state index contributed by atoms with van der Waals surface area (Å²) in [7, 11) is 0. The van der Waals surface area contributed by atoms with Gasteiger partial charge in [0.2, 0.25) is 1.59 Å². The Kier molecular flexibility index (Phi) is 4.00. The van der Waals surface area contributed by atoms with Gasteiger partial charge in [0, 0.05) is 0 Å². The zero-order valence-corrected chi connectivity index (χ0v) is 8.60. The third-order valence-corrected chi connectivity index (χ3v) is 1.48. The van der Waals surface area contributed by atoms with Crippen LogP contribution < -0.4 is 0 Å². The molecule has 0 unspecified atom stereocenters. The van der Waals surface area contributed by atoms with Crippen LogP contribution in [0.5, 0.6) is 0 Å². The molecule has 0 bridgehead atoms. The van der Waals surface area contributed by atoms with Gasteiger partial charge >= 0.3 is 5.82 Å². The van der Waals surface area contributed by atoms with E-state index in [1.165, 1.54) is 45.2 Å². The third-order valence-electron chi connectivity index (χ3n) is 0.515. The van der Waals surface area contributed by atoms with Crippen molar-refractivity contribution in [1.82, 2.24) is 0 Å². The summed E-state index contributed by atoms with van der Waals surface area (Å²) in [5.74, 6) is -0.971. The molecule has 0 rings (SSSR count). The first-order valence-electron chi connectivity index (χ1n) is 1.81. The highest BCUT2D eigenvalue weighted by Crippen LogP contribution is 2.20. The van der Waals surface area contributed by atoms with Crippen molar-refractivity contribution >= 4 is 45.2 Å². The largest absolute Gasteiger partial charge is 0.578 e. The summed E-state index contributed by atoms with van der Waals surface area (Å²) < 4.78 is 0.0326. The molecule has 0 atom stereocenters. The van der Waals surface area contributed by atoms with Crippen LogP contribution in [-0.4, -0.2) is 9.85 Å². The topological polar surface area (TPSA) is 86.3 Å². The lowest BCUT2D eigenvalue weighted by molar-refractivity contribution is -0.615. The Balaban J connectivity index is 4.79. The number of nitro groups is 2. The Labute approximate surface area is 82.2 Å². The molecule has 10 heavy (non-hydrogen) atoms. The fraction of sp³-hybridized carbons (Fsp3) is 0. The van der Waals surface area contributed by atoms with E-state index in [-0.39, 0.29) is 1.59 Å². The molecule has 0 radical (unpaired) electrons. The molecule has 0 N–H and O–H groups in total. The Hall–Kier alpha value is -0.000000000000000167. The quantitative estimate of drug-likeness (QED) is 0.419. The summed E-state index contributed by atoms with van der Waals surface area (Å²) >= 11 is 3.04. The van der Waals surface area contributed by atoms with Crippen molar-refractivity contribution < 1.29 is 9.85 Å². The molecule has 0 spiro atoms.